The van der Waals surface area contributed by atoms with Gasteiger partial charge in [-0.2, -0.15) is 4.98 Å². The molecule has 0 fully saturated rings. The Balaban J connectivity index is 1.63. The molecule has 2 aliphatic heterocycles. The van der Waals surface area contributed by atoms with Crippen LogP contribution >= 0.6 is 11.8 Å². The summed E-state index contributed by atoms with van der Waals surface area (Å²) in [4.78, 5) is 4.72. The average Bonchev–Trinajstić information content (AvgIpc) is 3.30. The Morgan fingerprint density at radius 3 is 2.63 bits per heavy atom. The molecule has 0 saturated carbocycles. The fraction of sp³-hybridized carbons (Fsp3) is 0.185. The molecule has 0 aliphatic carbocycles. The molecule has 0 bridgehead atoms. The highest BCUT2D eigenvalue weighted by Crippen LogP contribution is 2.51. The highest BCUT2D eigenvalue weighted by Gasteiger charge is 2.41. The van der Waals surface area contributed by atoms with Gasteiger partial charge in [0.1, 0.15) is 29.5 Å². The first kappa shape index (κ1) is 21.7. The number of aryl methyl sites for hydroxylation is 1. The van der Waals surface area contributed by atoms with Gasteiger partial charge in [0.2, 0.25) is 11.1 Å². The molecule has 8 heteroatoms. The third-order valence-electron chi connectivity index (χ3n) is 6.37. The number of halogens is 1. The van der Waals surface area contributed by atoms with Gasteiger partial charge in [0, 0.05) is 11.1 Å². The second-order valence-electron chi connectivity index (χ2n) is 8.55. The standard InChI is InChI=1S/C27H23FN4O2S/c1-15-7-12-21-20(13-15)23-22(25(34-21)17-5-4-6-18(28)14-17)24(16-8-10-19(33-2)11-9-16)32-26(29-23)30-27(31-32)35-3/h4-14,24-25H,1-3H3,(H,29,30,31)/t24-,25-/m1/s1. The third kappa shape index (κ3) is 3.65. The minimum atomic E-state index is -0.523. The lowest BCUT2D eigenvalue weighted by atomic mass is 9.84. The van der Waals surface area contributed by atoms with E-state index in [4.69, 9.17) is 19.6 Å². The van der Waals surface area contributed by atoms with Gasteiger partial charge in [-0.25, -0.2) is 9.07 Å². The number of benzene rings is 3. The van der Waals surface area contributed by atoms with E-state index in [1.807, 2.05) is 53.4 Å². The zero-order valence-electron chi connectivity index (χ0n) is 19.4. The van der Waals surface area contributed by atoms with Gasteiger partial charge < -0.3 is 14.8 Å². The van der Waals surface area contributed by atoms with E-state index in [9.17, 15) is 4.39 Å². The fourth-order valence-electron chi connectivity index (χ4n) is 4.76. The molecule has 2 aliphatic rings. The second-order valence-corrected chi connectivity index (χ2v) is 9.32. The van der Waals surface area contributed by atoms with Crippen molar-refractivity contribution < 1.29 is 13.9 Å². The molecule has 0 spiro atoms. The lowest BCUT2D eigenvalue weighted by Gasteiger charge is -2.39. The van der Waals surface area contributed by atoms with Gasteiger partial charge in [0.05, 0.1) is 12.8 Å². The van der Waals surface area contributed by atoms with E-state index in [1.165, 1.54) is 23.9 Å². The van der Waals surface area contributed by atoms with Gasteiger partial charge in [-0.05, 0) is 60.7 Å². The summed E-state index contributed by atoms with van der Waals surface area (Å²) in [7, 11) is 1.65. The fourth-order valence-corrected chi connectivity index (χ4v) is 5.11. The monoisotopic (exact) mass is 486 g/mol. The molecule has 176 valence electrons. The molecule has 0 unspecified atom stereocenters. The van der Waals surface area contributed by atoms with Crippen molar-refractivity contribution in [2.75, 3.05) is 18.7 Å². The summed E-state index contributed by atoms with van der Waals surface area (Å²) in [6.07, 6.45) is 1.43. The number of aromatic nitrogens is 3. The molecule has 6 nitrogen and oxygen atoms in total. The molecule has 2 atom stereocenters. The number of thioether (sulfide) groups is 1. The largest absolute Gasteiger partial charge is 0.497 e. The Labute approximate surface area is 206 Å². The lowest BCUT2D eigenvalue weighted by molar-refractivity contribution is 0.222. The number of nitrogens with one attached hydrogen (secondary N) is 1. The zero-order valence-corrected chi connectivity index (χ0v) is 20.3. The van der Waals surface area contributed by atoms with Crippen LogP contribution in [0.1, 0.15) is 34.4 Å². The highest BCUT2D eigenvalue weighted by molar-refractivity contribution is 7.98. The molecule has 35 heavy (non-hydrogen) atoms. The maximum absolute atomic E-state index is 14.4. The normalized spacial score (nSPS) is 18.2. The molecule has 4 aromatic rings. The topological polar surface area (TPSA) is 61.2 Å². The lowest BCUT2D eigenvalue weighted by Crippen LogP contribution is -2.32. The van der Waals surface area contributed by atoms with Crippen LogP contribution in [-0.2, 0) is 0 Å². The Morgan fingerprint density at radius 2 is 1.89 bits per heavy atom. The number of hydrogen-bond acceptors (Lipinski definition) is 6. The minimum Gasteiger partial charge on any atom is -0.497 e. The van der Waals surface area contributed by atoms with E-state index >= 15 is 0 Å². The van der Waals surface area contributed by atoms with Gasteiger partial charge >= 0.3 is 0 Å². The summed E-state index contributed by atoms with van der Waals surface area (Å²) in [5.74, 6) is 1.85. The van der Waals surface area contributed by atoms with Crippen molar-refractivity contribution in [2.24, 2.45) is 0 Å². The van der Waals surface area contributed by atoms with Crippen molar-refractivity contribution in [3.05, 3.63) is 100 Å². The molecule has 0 amide bonds. The van der Waals surface area contributed by atoms with Crippen molar-refractivity contribution in [1.82, 2.24) is 14.8 Å². The van der Waals surface area contributed by atoms with Crippen LogP contribution in [0, 0.1) is 12.7 Å². The van der Waals surface area contributed by atoms with Crippen LogP contribution in [0.5, 0.6) is 11.5 Å². The molecule has 3 aromatic carbocycles. The summed E-state index contributed by atoms with van der Waals surface area (Å²) in [6.45, 7) is 2.05. The zero-order chi connectivity index (χ0) is 24.1. The number of ether oxygens (including phenoxy) is 2. The van der Waals surface area contributed by atoms with Crippen LogP contribution < -0.4 is 14.8 Å². The molecule has 3 heterocycles. The van der Waals surface area contributed by atoms with E-state index in [0.29, 0.717) is 11.1 Å². The number of hydrogen-bond donors (Lipinski definition) is 1. The minimum absolute atomic E-state index is 0.307. The van der Waals surface area contributed by atoms with E-state index in [0.717, 1.165) is 45.0 Å². The van der Waals surface area contributed by atoms with Crippen LogP contribution in [-0.4, -0.2) is 28.1 Å². The Kier molecular flexibility index (Phi) is 5.25. The predicted molar refractivity (Wildman–Crippen MR) is 134 cm³/mol. The Morgan fingerprint density at radius 1 is 1.06 bits per heavy atom. The summed E-state index contributed by atoms with van der Waals surface area (Å²) in [5, 5.41) is 8.99. The first-order chi connectivity index (χ1) is 17.1. The van der Waals surface area contributed by atoms with Crippen molar-refractivity contribution in [3.8, 4) is 11.5 Å². The van der Waals surface area contributed by atoms with Crippen molar-refractivity contribution in [1.29, 1.82) is 0 Å². The van der Waals surface area contributed by atoms with E-state index in [2.05, 4.69) is 18.3 Å². The van der Waals surface area contributed by atoms with Crippen LogP contribution in [0.4, 0.5) is 10.3 Å². The molecule has 0 radical (unpaired) electrons. The number of methoxy groups -OCH3 is 1. The van der Waals surface area contributed by atoms with Crippen molar-refractivity contribution in [2.45, 2.75) is 24.2 Å². The van der Waals surface area contributed by atoms with Gasteiger partial charge in [0.15, 0.2) is 0 Å². The molecule has 6 rings (SSSR count). The molecular formula is C27H23FN4O2S. The van der Waals surface area contributed by atoms with E-state index < -0.39 is 6.10 Å². The van der Waals surface area contributed by atoms with Gasteiger partial charge in [-0.1, -0.05) is 47.7 Å². The highest BCUT2D eigenvalue weighted by atomic mass is 32.2. The molecular weight excluding hydrogens is 463 g/mol. The maximum Gasteiger partial charge on any atom is 0.227 e. The Bertz CT molecular complexity index is 1460. The summed E-state index contributed by atoms with van der Waals surface area (Å²) in [5.41, 5.74) is 5.66. The summed E-state index contributed by atoms with van der Waals surface area (Å²) >= 11 is 1.48. The van der Waals surface area contributed by atoms with Gasteiger partial charge in [-0.3, -0.25) is 0 Å². The average molecular weight is 487 g/mol. The SMILES string of the molecule is COc1ccc([C@@H]2C3=C(Nc4nc(SC)nn42)c2cc(C)ccc2O[C@@H]3c2cccc(F)c2)cc1. The van der Waals surface area contributed by atoms with E-state index in [1.54, 1.807) is 13.2 Å². The molecule has 1 N–H and O–H groups in total. The van der Waals surface area contributed by atoms with Crippen LogP contribution in [0.2, 0.25) is 0 Å². The third-order valence-corrected chi connectivity index (χ3v) is 6.91. The van der Waals surface area contributed by atoms with Crippen molar-refractivity contribution in [3.63, 3.8) is 0 Å². The first-order valence-electron chi connectivity index (χ1n) is 11.2. The maximum atomic E-state index is 14.4. The number of rotatable bonds is 4. The molecule has 1 aromatic heterocycles. The van der Waals surface area contributed by atoms with Crippen LogP contribution in [0.15, 0.2) is 77.5 Å². The predicted octanol–water partition coefficient (Wildman–Crippen LogP) is 6.02. The second kappa shape index (κ2) is 8.46. The smallest absolute Gasteiger partial charge is 0.227 e. The number of nitrogens with zero attached hydrogens (tertiary/aromatic N) is 3. The summed E-state index contributed by atoms with van der Waals surface area (Å²) < 4.78 is 28.2. The van der Waals surface area contributed by atoms with Crippen LogP contribution in [0.25, 0.3) is 5.70 Å². The molecule has 0 saturated heterocycles. The summed E-state index contributed by atoms with van der Waals surface area (Å²) in [6, 6.07) is 20.3. The Hall–Kier alpha value is -3.78. The number of fused-ring (bicyclic) bond motifs is 3. The van der Waals surface area contributed by atoms with Gasteiger partial charge in [0.25, 0.3) is 0 Å². The van der Waals surface area contributed by atoms with Crippen LogP contribution in [0.3, 0.4) is 0 Å². The number of anilines is 1. The van der Waals surface area contributed by atoms with E-state index in [-0.39, 0.29) is 11.9 Å². The first-order valence-corrected chi connectivity index (χ1v) is 12.5. The van der Waals surface area contributed by atoms with Crippen molar-refractivity contribution >= 4 is 23.4 Å². The quantitative estimate of drug-likeness (QED) is 0.356. The van der Waals surface area contributed by atoms with Gasteiger partial charge in [-0.15, -0.1) is 5.10 Å².